The smallest absolute Gasteiger partial charge is 0.371 e. The van der Waals surface area contributed by atoms with E-state index in [4.69, 9.17) is 0 Å². The van der Waals surface area contributed by atoms with Crippen molar-refractivity contribution in [1.29, 1.82) is 0 Å². The van der Waals surface area contributed by atoms with Gasteiger partial charge in [0.25, 0.3) is 0 Å². The molecular weight excluding hydrogens is 495 g/mol. The summed E-state index contributed by atoms with van der Waals surface area (Å²) in [6, 6.07) is 9.24. The van der Waals surface area contributed by atoms with Gasteiger partial charge in [-0.15, -0.1) is 0 Å². The lowest BCUT2D eigenvalue weighted by Crippen LogP contribution is -2.44. The van der Waals surface area contributed by atoms with E-state index in [0.717, 1.165) is 43.9 Å². The first kappa shape index (κ1) is 26.2. The van der Waals surface area contributed by atoms with Gasteiger partial charge in [-0.2, -0.15) is 17.5 Å². The van der Waals surface area contributed by atoms with Gasteiger partial charge in [0.05, 0.1) is 10.5 Å². The summed E-state index contributed by atoms with van der Waals surface area (Å²) in [5.41, 5.74) is 0.136. The van der Waals surface area contributed by atoms with E-state index in [1.54, 1.807) is 12.1 Å². The topological polar surface area (TPSA) is 94.6 Å². The van der Waals surface area contributed by atoms with Gasteiger partial charge in [0, 0.05) is 57.1 Å². The Morgan fingerprint density at radius 2 is 1.56 bits per heavy atom. The van der Waals surface area contributed by atoms with Crippen LogP contribution in [0.5, 0.6) is 0 Å². The molecule has 0 aliphatic carbocycles. The van der Waals surface area contributed by atoms with Crippen LogP contribution in [-0.4, -0.2) is 61.9 Å². The van der Waals surface area contributed by atoms with Crippen molar-refractivity contribution in [3.05, 3.63) is 48.2 Å². The Morgan fingerprint density at radius 3 is 2.08 bits per heavy atom. The second-order valence-corrected chi connectivity index (χ2v) is 11.1. The van der Waals surface area contributed by atoms with Crippen LogP contribution in [-0.2, 0) is 21.0 Å². The number of hydrogen-bond acceptors (Lipinski definition) is 6. The number of sulfonamides is 1. The van der Waals surface area contributed by atoms with Crippen molar-refractivity contribution in [1.82, 2.24) is 14.6 Å². The maximum Gasteiger partial charge on any atom is 0.417 e. The van der Waals surface area contributed by atoms with Gasteiger partial charge >= 0.3 is 6.18 Å². The molecule has 0 bridgehead atoms. The lowest BCUT2D eigenvalue weighted by atomic mass is 10.0. The number of hydrogen-bond donors (Lipinski definition) is 2. The van der Waals surface area contributed by atoms with Crippen LogP contribution in [0.2, 0.25) is 0 Å². The molecule has 2 fully saturated rings. The lowest BCUT2D eigenvalue weighted by Gasteiger charge is -2.34. The third-order valence-corrected chi connectivity index (χ3v) is 8.55. The van der Waals surface area contributed by atoms with Gasteiger partial charge in [-0.05, 0) is 62.1 Å². The number of nitrogens with one attached hydrogen (secondary N) is 2. The van der Waals surface area contributed by atoms with Crippen LogP contribution in [0.3, 0.4) is 0 Å². The van der Waals surface area contributed by atoms with Gasteiger partial charge in [0.15, 0.2) is 0 Å². The molecule has 196 valence electrons. The monoisotopic (exact) mass is 525 g/mol. The van der Waals surface area contributed by atoms with Crippen LogP contribution in [0.1, 0.15) is 38.2 Å². The largest absolute Gasteiger partial charge is 0.417 e. The van der Waals surface area contributed by atoms with E-state index >= 15 is 0 Å². The standard InChI is InChI=1S/C24H30F3N5O3S/c1-17(33)29-19-8-12-31(13-9-19)21-3-5-22(6-4-21)36(34,35)32-14-10-20(11-15-32)30-23-7-2-18(16-28-23)24(25,26)27/h2-7,16,19-20H,8-15H2,1H3,(H,28,30)(H,29,33). The summed E-state index contributed by atoms with van der Waals surface area (Å²) in [6.07, 6.45) is -0.938. The van der Waals surface area contributed by atoms with Crippen LogP contribution < -0.4 is 15.5 Å². The normalized spacial score (nSPS) is 18.7. The van der Waals surface area contributed by atoms with E-state index in [9.17, 15) is 26.4 Å². The molecule has 36 heavy (non-hydrogen) atoms. The highest BCUT2D eigenvalue weighted by molar-refractivity contribution is 7.89. The molecule has 2 saturated heterocycles. The molecular formula is C24H30F3N5O3S. The number of piperidine rings is 2. The minimum Gasteiger partial charge on any atom is -0.371 e. The summed E-state index contributed by atoms with van der Waals surface area (Å²) < 4.78 is 65.9. The number of halogens is 3. The summed E-state index contributed by atoms with van der Waals surface area (Å²) in [5.74, 6) is 0.306. The first-order chi connectivity index (χ1) is 17.0. The second kappa shape index (κ2) is 10.6. The van der Waals surface area contributed by atoms with Crippen LogP contribution >= 0.6 is 0 Å². The molecule has 0 unspecified atom stereocenters. The fourth-order valence-electron chi connectivity index (χ4n) is 4.64. The summed E-state index contributed by atoms with van der Waals surface area (Å²) in [6.45, 7) is 3.69. The molecule has 3 heterocycles. The number of pyridine rings is 1. The SMILES string of the molecule is CC(=O)NC1CCN(c2ccc(S(=O)(=O)N3CCC(Nc4ccc(C(F)(F)F)cn4)CC3)cc2)CC1. The zero-order valence-corrected chi connectivity index (χ0v) is 20.8. The lowest BCUT2D eigenvalue weighted by molar-refractivity contribution is -0.137. The van der Waals surface area contributed by atoms with Gasteiger partial charge < -0.3 is 15.5 Å². The number of amides is 1. The number of alkyl halides is 3. The van der Waals surface area contributed by atoms with E-state index < -0.39 is 21.8 Å². The molecule has 0 spiro atoms. The quantitative estimate of drug-likeness (QED) is 0.600. The van der Waals surface area contributed by atoms with Gasteiger partial charge in [-0.25, -0.2) is 13.4 Å². The van der Waals surface area contributed by atoms with Gasteiger partial charge in [-0.3, -0.25) is 4.79 Å². The molecule has 0 saturated carbocycles. The summed E-state index contributed by atoms with van der Waals surface area (Å²) in [7, 11) is -3.65. The molecule has 1 aromatic carbocycles. The van der Waals surface area contributed by atoms with Crippen molar-refractivity contribution in [2.24, 2.45) is 0 Å². The van der Waals surface area contributed by atoms with E-state index in [1.165, 1.54) is 17.3 Å². The average Bonchev–Trinajstić information content (AvgIpc) is 2.84. The van der Waals surface area contributed by atoms with E-state index in [2.05, 4.69) is 20.5 Å². The molecule has 0 radical (unpaired) electrons. The molecule has 1 amide bonds. The van der Waals surface area contributed by atoms with Gasteiger partial charge in [-0.1, -0.05) is 0 Å². The van der Waals surface area contributed by atoms with Gasteiger partial charge in [0.1, 0.15) is 5.82 Å². The Balaban J connectivity index is 1.30. The Kier molecular flexibility index (Phi) is 7.74. The zero-order chi connectivity index (χ0) is 25.9. The third kappa shape index (κ3) is 6.28. The highest BCUT2D eigenvalue weighted by Gasteiger charge is 2.32. The number of benzene rings is 1. The predicted molar refractivity (Wildman–Crippen MR) is 130 cm³/mol. The van der Waals surface area contributed by atoms with Crippen LogP contribution in [0, 0.1) is 0 Å². The van der Waals surface area contributed by atoms with E-state index in [1.807, 2.05) is 12.1 Å². The molecule has 2 aliphatic heterocycles. The third-order valence-electron chi connectivity index (χ3n) is 6.64. The Morgan fingerprint density at radius 1 is 0.944 bits per heavy atom. The Labute approximate surface area is 208 Å². The fourth-order valence-corrected chi connectivity index (χ4v) is 6.11. The van der Waals surface area contributed by atoms with Crippen molar-refractivity contribution >= 4 is 27.4 Å². The van der Waals surface area contributed by atoms with Crippen LogP contribution in [0.4, 0.5) is 24.7 Å². The molecule has 1 aromatic heterocycles. The zero-order valence-electron chi connectivity index (χ0n) is 20.0. The number of rotatable bonds is 6. The first-order valence-electron chi connectivity index (χ1n) is 11.9. The Hall–Kier alpha value is -2.86. The number of carbonyl (C=O) groups excluding carboxylic acids is 1. The number of aromatic nitrogens is 1. The fraction of sp³-hybridized carbons (Fsp3) is 0.500. The minimum atomic E-state index is -4.44. The number of carbonyl (C=O) groups is 1. The second-order valence-electron chi connectivity index (χ2n) is 9.21. The van der Waals surface area contributed by atoms with Crippen LogP contribution in [0.25, 0.3) is 0 Å². The van der Waals surface area contributed by atoms with Crippen molar-refractivity contribution in [3.8, 4) is 0 Å². The predicted octanol–water partition coefficient (Wildman–Crippen LogP) is 3.47. The van der Waals surface area contributed by atoms with Crippen molar-refractivity contribution < 1.29 is 26.4 Å². The highest BCUT2D eigenvalue weighted by atomic mass is 32.2. The molecule has 0 atom stereocenters. The van der Waals surface area contributed by atoms with Crippen molar-refractivity contribution in [3.63, 3.8) is 0 Å². The van der Waals surface area contributed by atoms with Crippen molar-refractivity contribution in [2.45, 2.75) is 55.8 Å². The van der Waals surface area contributed by atoms with Crippen molar-refractivity contribution in [2.75, 3.05) is 36.4 Å². The Bertz CT molecular complexity index is 1140. The number of nitrogens with zero attached hydrogens (tertiary/aromatic N) is 3. The molecule has 2 aliphatic rings. The number of anilines is 2. The van der Waals surface area contributed by atoms with Gasteiger partial charge in [0.2, 0.25) is 15.9 Å². The summed E-state index contributed by atoms with van der Waals surface area (Å²) in [4.78, 5) is 17.5. The molecule has 2 N–H and O–H groups in total. The average molecular weight is 526 g/mol. The minimum absolute atomic E-state index is 0.0286. The maximum atomic E-state index is 13.1. The molecule has 4 rings (SSSR count). The highest BCUT2D eigenvalue weighted by Crippen LogP contribution is 2.30. The molecule has 12 heteroatoms. The maximum absolute atomic E-state index is 13.1. The molecule has 2 aromatic rings. The van der Waals surface area contributed by atoms with E-state index in [-0.39, 0.29) is 22.9 Å². The first-order valence-corrected chi connectivity index (χ1v) is 13.4. The summed E-state index contributed by atoms with van der Waals surface area (Å²) >= 11 is 0. The van der Waals surface area contributed by atoms with E-state index in [0.29, 0.717) is 31.7 Å². The van der Waals surface area contributed by atoms with Crippen LogP contribution in [0.15, 0.2) is 47.5 Å². The summed E-state index contributed by atoms with van der Waals surface area (Å²) in [5, 5.41) is 6.04. The molecule has 8 nitrogen and oxygen atoms in total.